The fraction of sp³-hybridized carbons (Fsp3) is 0.727. The van der Waals surface area contributed by atoms with Gasteiger partial charge in [0.25, 0.3) is 0 Å². The van der Waals surface area contributed by atoms with Gasteiger partial charge in [-0.2, -0.15) is 0 Å². The number of ether oxygens (including phenoxy) is 5. The van der Waals surface area contributed by atoms with E-state index in [1.54, 1.807) is 0 Å². The van der Waals surface area contributed by atoms with E-state index >= 15 is 0 Å². The van der Waals surface area contributed by atoms with Crippen LogP contribution in [0.3, 0.4) is 0 Å². The van der Waals surface area contributed by atoms with E-state index in [1.165, 1.54) is 0 Å². The first-order valence-electron chi connectivity index (χ1n) is 12.8. The molecule has 7 atom stereocenters. The largest absolute Gasteiger partial charge is 0.456 e. The minimum atomic E-state index is -1.99. The molecule has 0 aromatic rings. The molecule has 228 valence electrons. The maximum atomic E-state index is 12.4. The lowest BCUT2D eigenvalue weighted by Crippen LogP contribution is -2.38. The summed E-state index contributed by atoms with van der Waals surface area (Å²) in [7, 11) is -0.107. The number of fused-ring (bicyclic) bond motifs is 1. The van der Waals surface area contributed by atoms with E-state index in [1.807, 2.05) is 17.9 Å². The third kappa shape index (κ3) is 14.8. The maximum Gasteiger partial charge on any atom is 0.418 e. The van der Waals surface area contributed by atoms with Crippen LogP contribution in [0.5, 0.6) is 0 Å². The molecule has 0 aliphatic heterocycles. The number of carbonyl (C=O) groups is 4. The van der Waals surface area contributed by atoms with E-state index in [-0.39, 0.29) is 46.1 Å². The van der Waals surface area contributed by atoms with Crippen molar-refractivity contribution in [2.24, 2.45) is 17.8 Å². The molecule has 14 nitrogen and oxygen atoms in total. The van der Waals surface area contributed by atoms with Crippen LogP contribution in [0.2, 0.25) is 0 Å². The van der Waals surface area contributed by atoms with Crippen LogP contribution in [0.4, 0.5) is 19.2 Å². The van der Waals surface area contributed by atoms with Gasteiger partial charge in [0.05, 0.1) is 32.9 Å². The van der Waals surface area contributed by atoms with Crippen LogP contribution in [0.15, 0.2) is 0 Å². The second-order valence-electron chi connectivity index (χ2n) is 8.75. The second kappa shape index (κ2) is 20.2. The minimum absolute atomic E-state index is 0.0665. The Bertz CT molecular complexity index is 1060. The average molecular weight is 670 g/mol. The number of amides is 2. The second-order valence-corrected chi connectivity index (χ2v) is 14.5. The third-order valence-corrected chi connectivity index (χ3v) is 8.95. The molecule has 5 unspecified atom stereocenters. The highest BCUT2D eigenvalue weighted by Gasteiger charge is 2.49. The summed E-state index contributed by atoms with van der Waals surface area (Å²) in [4.78, 5) is 48.3. The molecule has 2 amide bonds. The van der Waals surface area contributed by atoms with Crippen molar-refractivity contribution in [1.82, 2.24) is 14.3 Å². The van der Waals surface area contributed by atoms with E-state index in [0.717, 1.165) is 42.7 Å². The van der Waals surface area contributed by atoms with E-state index in [9.17, 15) is 29.2 Å². The summed E-state index contributed by atoms with van der Waals surface area (Å²) in [5.74, 6) is 7.98. The molecule has 2 aliphatic rings. The van der Waals surface area contributed by atoms with E-state index < -0.39 is 38.1 Å². The molecule has 0 saturated heterocycles. The Kier molecular flexibility index (Phi) is 17.4. The minimum Gasteiger partial charge on any atom is -0.456 e. The van der Waals surface area contributed by atoms with Gasteiger partial charge in [0.2, 0.25) is 0 Å². The Morgan fingerprint density at radius 1 is 0.854 bits per heavy atom. The zero-order valence-corrected chi connectivity index (χ0v) is 27.3. The zero-order valence-electron chi connectivity index (χ0n) is 22.4. The van der Waals surface area contributed by atoms with Gasteiger partial charge < -0.3 is 28.6 Å². The number of rotatable bonds is 16. The number of carbonyl (C=O) groups excluding carboxylic acids is 4. The standard InChI is InChI=1S/C22H35N5O9P4S/c23-39(37)21(30)34-11-8-27(9-12-35-22(31)40(24)38)20(29)33-14-13-32-10-7-25-41-26-19(28)36-15-18-16-5-3-1-2-4-6-17(16)18/h16-18,25H,3-15,37-38H2,(H,26,28)/t16-,17+,18?. The van der Waals surface area contributed by atoms with E-state index in [2.05, 4.69) is 21.3 Å². The van der Waals surface area contributed by atoms with Crippen molar-refractivity contribution < 1.29 is 42.9 Å². The average Bonchev–Trinajstić information content (AvgIpc) is 3.57. The lowest BCUT2D eigenvalue weighted by atomic mass is 10.1. The molecule has 0 radical (unpaired) electrons. The molecule has 0 aromatic carbocycles. The van der Waals surface area contributed by atoms with Crippen LogP contribution in [-0.2, 0) is 23.7 Å². The van der Waals surface area contributed by atoms with Gasteiger partial charge in [-0.15, -0.1) is 11.8 Å². The van der Waals surface area contributed by atoms with Crippen LogP contribution in [0.25, 0.3) is 0 Å². The predicted octanol–water partition coefficient (Wildman–Crippen LogP) is 4.54. The number of nitrogens with one attached hydrogen (secondary N) is 2. The van der Waals surface area contributed by atoms with Crippen LogP contribution in [0, 0.1) is 39.6 Å². The molecule has 19 heteroatoms. The third-order valence-electron chi connectivity index (χ3n) is 6.06. The van der Waals surface area contributed by atoms with Gasteiger partial charge in [0, 0.05) is 31.5 Å². The molecule has 0 aromatic heterocycles. The zero-order chi connectivity index (χ0) is 30.0. The van der Waals surface area contributed by atoms with E-state index in [0.29, 0.717) is 30.9 Å². The van der Waals surface area contributed by atoms with E-state index in [4.69, 9.17) is 23.7 Å². The van der Waals surface area contributed by atoms with Crippen LogP contribution >= 0.6 is 44.5 Å². The van der Waals surface area contributed by atoms with Crippen LogP contribution < -0.4 is 9.44 Å². The molecule has 1 fully saturated rings. The van der Waals surface area contributed by atoms with Gasteiger partial charge in [-0.25, -0.2) is 33.9 Å². The lowest BCUT2D eigenvalue weighted by molar-refractivity contribution is 0.0490. The predicted molar refractivity (Wildman–Crippen MR) is 160 cm³/mol. The van der Waals surface area contributed by atoms with Crippen molar-refractivity contribution >= 4 is 68.1 Å². The first-order valence-corrected chi connectivity index (χ1v) is 19.4. The molecular formula is C22H35N5O9P4S. The Balaban J connectivity index is 1.52. The van der Waals surface area contributed by atoms with Gasteiger partial charge in [-0.05, 0) is 48.5 Å². The number of hydrogen-bond acceptors (Lipinski definition) is 13. The van der Waals surface area contributed by atoms with Crippen molar-refractivity contribution in [2.45, 2.75) is 25.7 Å². The fourth-order valence-corrected chi connectivity index (χ4v) is 5.31. The molecule has 41 heavy (non-hydrogen) atoms. The molecule has 0 bridgehead atoms. The van der Waals surface area contributed by atoms with Crippen molar-refractivity contribution in [1.29, 1.82) is 10.0 Å². The molecule has 2 aliphatic carbocycles. The summed E-state index contributed by atoms with van der Waals surface area (Å²) in [5.41, 5.74) is -1.63. The molecule has 2 rings (SSSR count). The summed E-state index contributed by atoms with van der Waals surface area (Å²) < 4.78 is 31.1. The number of nitrogens with zero attached hydrogens (tertiary/aromatic N) is 3. The van der Waals surface area contributed by atoms with Crippen molar-refractivity contribution in [2.75, 3.05) is 59.3 Å². The van der Waals surface area contributed by atoms with Crippen LogP contribution in [0.1, 0.15) is 25.7 Å². The van der Waals surface area contributed by atoms with Crippen LogP contribution in [-0.4, -0.2) is 87.8 Å². The number of hydrogen-bond donors (Lipinski definition) is 2. The first-order chi connectivity index (χ1) is 19.7. The van der Waals surface area contributed by atoms with Crippen molar-refractivity contribution in [3.63, 3.8) is 0 Å². The molecular weight excluding hydrogens is 634 g/mol. The van der Waals surface area contributed by atoms with Gasteiger partial charge in [0.1, 0.15) is 19.8 Å². The molecule has 0 heterocycles. The quantitative estimate of drug-likeness (QED) is 0.0767. The van der Waals surface area contributed by atoms with Gasteiger partial charge in [0.15, 0.2) is 14.5 Å². The summed E-state index contributed by atoms with van der Waals surface area (Å²) in [6.45, 7) is 0.587. The van der Waals surface area contributed by atoms with Gasteiger partial charge >= 0.3 is 23.6 Å². The monoisotopic (exact) mass is 669 g/mol. The Labute approximate surface area is 249 Å². The Morgan fingerprint density at radius 3 is 2.00 bits per heavy atom. The normalized spacial score (nSPS) is 19.5. The Hall–Kier alpha value is -1.81. The topological polar surface area (TPSA) is 189 Å². The summed E-state index contributed by atoms with van der Waals surface area (Å²) >= 11 is 0.991. The van der Waals surface area contributed by atoms with Crippen molar-refractivity contribution in [3.8, 4) is 11.8 Å². The Morgan fingerprint density at radius 2 is 1.44 bits per heavy atom. The molecule has 2 N–H and O–H groups in total. The first kappa shape index (κ1) is 35.4. The summed E-state index contributed by atoms with van der Waals surface area (Å²) in [5, 5.41) is 18.4. The highest BCUT2D eigenvalue weighted by molar-refractivity contribution is 8.14. The molecule has 1 saturated carbocycles. The highest BCUT2D eigenvalue weighted by Crippen LogP contribution is 2.52. The lowest BCUT2D eigenvalue weighted by Gasteiger charge is -2.21. The summed E-state index contributed by atoms with van der Waals surface area (Å²) in [6.07, 6.45) is 2.73. The van der Waals surface area contributed by atoms with Gasteiger partial charge in [-0.1, -0.05) is 0 Å². The maximum absolute atomic E-state index is 12.4. The SMILES string of the molecule is N#P(P)C(=O)OCCN(CCOC(=O)P(#N)P)C(=O)OCCOCCNSNC(=O)OCC1[C@H]2CCC#CCC[C@@H]12. The van der Waals surface area contributed by atoms with Gasteiger partial charge in [-0.3, -0.25) is 4.72 Å². The van der Waals surface area contributed by atoms with Crippen molar-refractivity contribution in [3.05, 3.63) is 0 Å². The summed E-state index contributed by atoms with van der Waals surface area (Å²) in [6, 6.07) is 0. The highest BCUT2D eigenvalue weighted by atomic mass is 32.2. The smallest absolute Gasteiger partial charge is 0.418 e. The molecule has 0 spiro atoms. The fourth-order valence-electron chi connectivity index (χ4n) is 4.02.